The van der Waals surface area contributed by atoms with Gasteiger partial charge in [-0.3, -0.25) is 0 Å². The standard InChI is InChI=1S/C7H15NO4S/c9-4-3-8-13(10,11)7-1-5-12-6-2-7/h7-9H,1-6H2. The molecule has 0 amide bonds. The average Bonchev–Trinajstić information content (AvgIpc) is 2.16. The van der Waals surface area contributed by atoms with Crippen molar-refractivity contribution in [3.63, 3.8) is 0 Å². The summed E-state index contributed by atoms with van der Waals surface area (Å²) in [6, 6.07) is 0. The highest BCUT2D eigenvalue weighted by atomic mass is 32.2. The molecule has 13 heavy (non-hydrogen) atoms. The van der Waals surface area contributed by atoms with Crippen LogP contribution in [0.15, 0.2) is 0 Å². The highest BCUT2D eigenvalue weighted by Crippen LogP contribution is 2.14. The zero-order valence-corrected chi connectivity index (χ0v) is 8.22. The average molecular weight is 209 g/mol. The number of aliphatic hydroxyl groups excluding tert-OH is 1. The summed E-state index contributed by atoms with van der Waals surface area (Å²) in [4.78, 5) is 0. The summed E-state index contributed by atoms with van der Waals surface area (Å²) in [7, 11) is -3.24. The lowest BCUT2D eigenvalue weighted by Crippen LogP contribution is -2.39. The predicted octanol–water partition coefficient (Wildman–Crippen LogP) is -0.923. The van der Waals surface area contributed by atoms with Crippen molar-refractivity contribution in [2.75, 3.05) is 26.4 Å². The summed E-state index contributed by atoms with van der Waals surface area (Å²) in [5.74, 6) is 0. The van der Waals surface area contributed by atoms with Gasteiger partial charge in [-0.15, -0.1) is 0 Å². The van der Waals surface area contributed by atoms with E-state index in [1.807, 2.05) is 0 Å². The number of nitrogens with one attached hydrogen (secondary N) is 1. The summed E-state index contributed by atoms with van der Waals surface area (Å²) in [5, 5.41) is 8.12. The van der Waals surface area contributed by atoms with E-state index in [4.69, 9.17) is 9.84 Å². The summed E-state index contributed by atoms with van der Waals surface area (Å²) in [6.07, 6.45) is 1.08. The largest absolute Gasteiger partial charge is 0.395 e. The molecule has 1 fully saturated rings. The summed E-state index contributed by atoms with van der Waals surface area (Å²) < 4.78 is 30.3. The van der Waals surface area contributed by atoms with Crippen molar-refractivity contribution in [3.05, 3.63) is 0 Å². The Kier molecular flexibility index (Phi) is 4.11. The number of aliphatic hydroxyl groups is 1. The van der Waals surface area contributed by atoms with Crippen molar-refractivity contribution in [1.82, 2.24) is 4.72 Å². The van der Waals surface area contributed by atoms with Crippen LogP contribution in [0.5, 0.6) is 0 Å². The van der Waals surface area contributed by atoms with E-state index in [1.54, 1.807) is 0 Å². The third kappa shape index (κ3) is 3.22. The van der Waals surface area contributed by atoms with E-state index in [9.17, 15) is 8.42 Å². The smallest absolute Gasteiger partial charge is 0.214 e. The van der Waals surface area contributed by atoms with Crippen molar-refractivity contribution in [3.8, 4) is 0 Å². The van der Waals surface area contributed by atoms with Gasteiger partial charge in [-0.2, -0.15) is 0 Å². The molecule has 0 aromatic carbocycles. The molecule has 0 bridgehead atoms. The molecule has 0 atom stereocenters. The van der Waals surface area contributed by atoms with Crippen molar-refractivity contribution in [2.45, 2.75) is 18.1 Å². The third-order valence-corrected chi connectivity index (χ3v) is 3.98. The van der Waals surface area contributed by atoms with Gasteiger partial charge in [0.15, 0.2) is 0 Å². The van der Waals surface area contributed by atoms with Crippen LogP contribution < -0.4 is 4.72 Å². The van der Waals surface area contributed by atoms with E-state index in [2.05, 4.69) is 4.72 Å². The van der Waals surface area contributed by atoms with Gasteiger partial charge in [-0.05, 0) is 12.8 Å². The van der Waals surface area contributed by atoms with E-state index in [-0.39, 0.29) is 18.4 Å². The Morgan fingerprint density at radius 2 is 2.00 bits per heavy atom. The maximum atomic E-state index is 11.5. The quantitative estimate of drug-likeness (QED) is 0.627. The van der Waals surface area contributed by atoms with Crippen molar-refractivity contribution in [1.29, 1.82) is 0 Å². The Labute approximate surface area is 78.1 Å². The van der Waals surface area contributed by atoms with Crippen LogP contribution in [0.25, 0.3) is 0 Å². The molecule has 1 aliphatic rings. The first kappa shape index (κ1) is 10.9. The van der Waals surface area contributed by atoms with Gasteiger partial charge >= 0.3 is 0 Å². The minimum atomic E-state index is -3.24. The second-order valence-electron chi connectivity index (χ2n) is 2.97. The monoisotopic (exact) mass is 209 g/mol. The molecule has 0 aromatic heterocycles. The molecule has 0 aromatic rings. The summed E-state index contributed by atoms with van der Waals surface area (Å²) >= 11 is 0. The van der Waals surface area contributed by atoms with Gasteiger partial charge in [-0.25, -0.2) is 13.1 Å². The summed E-state index contributed by atoms with van der Waals surface area (Å²) in [5.41, 5.74) is 0. The molecule has 1 rings (SSSR count). The number of rotatable bonds is 4. The molecular formula is C7H15NO4S. The highest BCUT2D eigenvalue weighted by molar-refractivity contribution is 7.90. The van der Waals surface area contributed by atoms with Gasteiger partial charge in [0.25, 0.3) is 0 Å². The van der Waals surface area contributed by atoms with E-state index >= 15 is 0 Å². The van der Waals surface area contributed by atoms with Crippen LogP contribution >= 0.6 is 0 Å². The molecule has 0 saturated carbocycles. The topological polar surface area (TPSA) is 75.6 Å². The molecule has 0 unspecified atom stereocenters. The van der Waals surface area contributed by atoms with Crippen molar-refractivity contribution in [2.24, 2.45) is 0 Å². The normalized spacial score (nSPS) is 20.4. The molecule has 6 heteroatoms. The van der Waals surface area contributed by atoms with E-state index in [0.29, 0.717) is 26.1 Å². The van der Waals surface area contributed by atoms with E-state index in [1.165, 1.54) is 0 Å². The lowest BCUT2D eigenvalue weighted by atomic mass is 10.2. The maximum absolute atomic E-state index is 11.5. The third-order valence-electron chi connectivity index (χ3n) is 2.02. The minimum absolute atomic E-state index is 0.0969. The second-order valence-corrected chi connectivity index (χ2v) is 5.02. The highest BCUT2D eigenvalue weighted by Gasteiger charge is 2.26. The number of hydrogen-bond acceptors (Lipinski definition) is 4. The zero-order valence-electron chi connectivity index (χ0n) is 7.40. The lowest BCUT2D eigenvalue weighted by molar-refractivity contribution is 0.0981. The van der Waals surface area contributed by atoms with Crippen LogP contribution in [0.2, 0.25) is 0 Å². The molecule has 2 N–H and O–H groups in total. The fourth-order valence-electron chi connectivity index (χ4n) is 1.29. The van der Waals surface area contributed by atoms with Crippen LogP contribution in [0.4, 0.5) is 0 Å². The van der Waals surface area contributed by atoms with Crippen LogP contribution in [0, 0.1) is 0 Å². The number of ether oxygens (including phenoxy) is 1. The molecule has 5 nitrogen and oxygen atoms in total. The van der Waals surface area contributed by atoms with Crippen LogP contribution in [-0.2, 0) is 14.8 Å². The first-order valence-electron chi connectivity index (χ1n) is 4.34. The zero-order chi connectivity index (χ0) is 9.73. The fourth-order valence-corrected chi connectivity index (χ4v) is 2.72. The fraction of sp³-hybridized carbons (Fsp3) is 1.00. The number of hydrogen-bond donors (Lipinski definition) is 2. The second kappa shape index (κ2) is 4.90. The molecule has 1 heterocycles. The first-order chi connectivity index (χ1) is 6.17. The first-order valence-corrected chi connectivity index (χ1v) is 5.88. The molecule has 0 aliphatic carbocycles. The Morgan fingerprint density at radius 3 is 2.54 bits per heavy atom. The van der Waals surface area contributed by atoms with Gasteiger partial charge in [0, 0.05) is 19.8 Å². The van der Waals surface area contributed by atoms with Gasteiger partial charge < -0.3 is 9.84 Å². The Bertz CT molecular complexity index is 233. The minimum Gasteiger partial charge on any atom is -0.395 e. The maximum Gasteiger partial charge on any atom is 0.214 e. The lowest BCUT2D eigenvalue weighted by Gasteiger charge is -2.22. The molecule has 1 saturated heterocycles. The Balaban J connectivity index is 2.47. The van der Waals surface area contributed by atoms with Gasteiger partial charge in [0.1, 0.15) is 0 Å². The summed E-state index contributed by atoms with van der Waals surface area (Å²) in [6.45, 7) is 0.942. The Morgan fingerprint density at radius 1 is 1.38 bits per heavy atom. The molecule has 1 aliphatic heterocycles. The van der Waals surface area contributed by atoms with Crippen LogP contribution in [-0.4, -0.2) is 45.1 Å². The SMILES string of the molecule is O=S(=O)(NCCO)C1CCOCC1. The van der Waals surface area contributed by atoms with E-state index in [0.717, 1.165) is 0 Å². The van der Waals surface area contributed by atoms with Gasteiger partial charge in [-0.1, -0.05) is 0 Å². The van der Waals surface area contributed by atoms with Gasteiger partial charge in [0.05, 0.1) is 11.9 Å². The van der Waals surface area contributed by atoms with E-state index < -0.39 is 10.0 Å². The number of sulfonamides is 1. The predicted molar refractivity (Wildman–Crippen MR) is 47.8 cm³/mol. The Hall–Kier alpha value is -0.170. The van der Waals surface area contributed by atoms with Crippen LogP contribution in [0.1, 0.15) is 12.8 Å². The molecule has 0 radical (unpaired) electrons. The van der Waals surface area contributed by atoms with Crippen molar-refractivity contribution >= 4 is 10.0 Å². The van der Waals surface area contributed by atoms with Gasteiger partial charge in [0.2, 0.25) is 10.0 Å². The molecule has 0 spiro atoms. The van der Waals surface area contributed by atoms with Crippen LogP contribution in [0.3, 0.4) is 0 Å². The van der Waals surface area contributed by atoms with Crippen molar-refractivity contribution < 1.29 is 18.3 Å². The molecule has 78 valence electrons. The molecular weight excluding hydrogens is 194 g/mol.